The lowest BCUT2D eigenvalue weighted by atomic mass is 9.83. The van der Waals surface area contributed by atoms with Crippen molar-refractivity contribution in [1.82, 2.24) is 9.13 Å². The summed E-state index contributed by atoms with van der Waals surface area (Å²) >= 11 is 0. The zero-order chi connectivity index (χ0) is 33.8. The lowest BCUT2D eigenvalue weighted by molar-refractivity contribution is 0.836. The molecule has 5 aromatic carbocycles. The minimum Gasteiger partial charge on any atom is -0.309 e. The van der Waals surface area contributed by atoms with Gasteiger partial charge in [-0.25, -0.2) is 0 Å². The molecule has 0 saturated heterocycles. The van der Waals surface area contributed by atoms with E-state index in [9.17, 15) is 15.8 Å². The highest BCUT2D eigenvalue weighted by Gasteiger charge is 2.26. The third-order valence-corrected chi connectivity index (χ3v) is 10.3. The summed E-state index contributed by atoms with van der Waals surface area (Å²) in [5.41, 5.74) is 12.3. The molecule has 0 spiro atoms. The van der Waals surface area contributed by atoms with E-state index in [0.29, 0.717) is 23.1 Å². The van der Waals surface area contributed by atoms with Gasteiger partial charge in [-0.05, 0) is 96.6 Å². The van der Waals surface area contributed by atoms with Crippen LogP contribution in [0, 0.1) is 34.0 Å². The second-order valence-corrected chi connectivity index (χ2v) is 12.9. The van der Waals surface area contributed by atoms with Crippen LogP contribution in [0.15, 0.2) is 127 Å². The first kappa shape index (κ1) is 29.3. The summed E-state index contributed by atoms with van der Waals surface area (Å²) in [7, 11) is 0. The van der Waals surface area contributed by atoms with Crippen LogP contribution in [0.1, 0.15) is 57.8 Å². The number of aryl methyl sites for hydroxylation is 1. The van der Waals surface area contributed by atoms with E-state index in [0.717, 1.165) is 73.9 Å². The minimum atomic E-state index is -0.0871. The summed E-state index contributed by atoms with van der Waals surface area (Å²) < 4.78 is 4.56. The second kappa shape index (κ2) is 11.7. The predicted octanol–water partition coefficient (Wildman–Crippen LogP) is 10.4. The standard InChI is InChI=1S/C45H29N5/c46-26-29-16-22-43-38(24-29)37-12-3-4-13-40(37)49(43)34-9-7-8-32(25-34)30-17-19-31(20-18-30)45-39(28-48)33(27-47)21-23-44(45)50-41-14-5-1-10-35(41)36-11-2-6-15-42(36)50/h1,3-10,12-19,21-25,31H,2,11,20H2. The van der Waals surface area contributed by atoms with Gasteiger partial charge in [-0.3, -0.25) is 0 Å². The van der Waals surface area contributed by atoms with Crippen molar-refractivity contribution in [2.75, 3.05) is 0 Å². The number of hydrogen-bond donors (Lipinski definition) is 0. The first-order valence-corrected chi connectivity index (χ1v) is 16.9. The Morgan fingerprint density at radius 2 is 1.46 bits per heavy atom. The van der Waals surface area contributed by atoms with E-state index in [4.69, 9.17) is 0 Å². The van der Waals surface area contributed by atoms with Crippen LogP contribution in [-0.4, -0.2) is 9.13 Å². The molecule has 2 aromatic heterocycles. The molecular weight excluding hydrogens is 611 g/mol. The van der Waals surface area contributed by atoms with E-state index >= 15 is 0 Å². The van der Waals surface area contributed by atoms with Gasteiger partial charge in [-0.1, -0.05) is 72.8 Å². The first-order chi connectivity index (χ1) is 24.7. The van der Waals surface area contributed by atoms with Gasteiger partial charge < -0.3 is 9.13 Å². The van der Waals surface area contributed by atoms with E-state index in [1.54, 1.807) is 6.07 Å². The predicted molar refractivity (Wildman–Crippen MR) is 200 cm³/mol. The Bertz CT molecular complexity index is 2780. The highest BCUT2D eigenvalue weighted by atomic mass is 15.0. The van der Waals surface area contributed by atoms with Crippen molar-refractivity contribution in [2.45, 2.75) is 25.2 Å². The average molecular weight is 640 g/mol. The van der Waals surface area contributed by atoms with E-state index < -0.39 is 0 Å². The molecule has 2 aliphatic carbocycles. The van der Waals surface area contributed by atoms with E-state index in [1.165, 1.54) is 10.9 Å². The Morgan fingerprint density at radius 3 is 2.24 bits per heavy atom. The normalized spacial score (nSPS) is 15.1. The average Bonchev–Trinajstić information content (AvgIpc) is 3.70. The van der Waals surface area contributed by atoms with Crippen LogP contribution in [0.3, 0.4) is 0 Å². The monoisotopic (exact) mass is 639 g/mol. The fourth-order valence-electron chi connectivity index (χ4n) is 8.03. The number of benzene rings is 5. The molecule has 2 aliphatic rings. The SMILES string of the molecule is N#Cc1ccc2c(c1)c1ccccc1n2-c1cccc(C2=CCC(c3c(-n4c5c(c6ccccc64)CCC=C5)ccc(C#N)c3C#N)C=C2)c1. The fraction of sp³-hybridized carbons (Fsp3) is 0.0889. The molecule has 7 aromatic rings. The van der Waals surface area contributed by atoms with Crippen molar-refractivity contribution >= 4 is 44.4 Å². The van der Waals surface area contributed by atoms with Gasteiger partial charge in [0.15, 0.2) is 0 Å². The minimum absolute atomic E-state index is 0.0871. The number of hydrogen-bond acceptors (Lipinski definition) is 3. The highest BCUT2D eigenvalue weighted by Crippen LogP contribution is 2.41. The second-order valence-electron chi connectivity index (χ2n) is 12.9. The zero-order valence-corrected chi connectivity index (χ0v) is 27.1. The third-order valence-electron chi connectivity index (χ3n) is 10.3. The molecule has 5 nitrogen and oxygen atoms in total. The summed E-state index contributed by atoms with van der Waals surface area (Å²) in [6.07, 6.45) is 13.7. The Hall–Kier alpha value is -6.87. The molecule has 0 bridgehead atoms. The third kappa shape index (κ3) is 4.44. The van der Waals surface area contributed by atoms with Crippen molar-refractivity contribution in [3.63, 3.8) is 0 Å². The van der Waals surface area contributed by atoms with Crippen LogP contribution in [0.25, 0.3) is 55.7 Å². The van der Waals surface area contributed by atoms with Crippen molar-refractivity contribution < 1.29 is 0 Å². The molecular formula is C45H29N5. The number of fused-ring (bicyclic) bond motifs is 6. The van der Waals surface area contributed by atoms with Crippen LogP contribution in [0.4, 0.5) is 0 Å². The quantitative estimate of drug-likeness (QED) is 0.192. The lowest BCUT2D eigenvalue weighted by Gasteiger charge is -2.24. The Balaban J connectivity index is 1.14. The first-order valence-electron chi connectivity index (χ1n) is 16.9. The van der Waals surface area contributed by atoms with Crippen molar-refractivity contribution in [2.24, 2.45) is 0 Å². The molecule has 1 unspecified atom stereocenters. The van der Waals surface area contributed by atoms with Crippen LogP contribution >= 0.6 is 0 Å². The number of nitrogens with zero attached hydrogens (tertiary/aromatic N) is 5. The summed E-state index contributed by atoms with van der Waals surface area (Å²) in [5.74, 6) is -0.0871. The fourth-order valence-corrected chi connectivity index (χ4v) is 8.03. The van der Waals surface area contributed by atoms with Crippen LogP contribution in [0.2, 0.25) is 0 Å². The van der Waals surface area contributed by atoms with E-state index in [-0.39, 0.29) is 5.92 Å². The maximum atomic E-state index is 10.5. The molecule has 0 fully saturated rings. The van der Waals surface area contributed by atoms with Gasteiger partial charge >= 0.3 is 0 Å². The number of allylic oxidation sites excluding steroid dienone is 5. The topological polar surface area (TPSA) is 81.2 Å². The Labute approximate surface area is 289 Å². The molecule has 234 valence electrons. The highest BCUT2D eigenvalue weighted by molar-refractivity contribution is 6.09. The van der Waals surface area contributed by atoms with Gasteiger partial charge in [0.25, 0.3) is 0 Å². The van der Waals surface area contributed by atoms with Gasteiger partial charge in [-0.15, -0.1) is 0 Å². The number of nitriles is 3. The molecule has 9 rings (SSSR count). The Kier molecular flexibility index (Phi) is 6.84. The maximum absolute atomic E-state index is 10.5. The molecule has 0 amide bonds. The molecule has 0 radical (unpaired) electrons. The van der Waals surface area contributed by atoms with E-state index in [1.807, 2.05) is 36.4 Å². The van der Waals surface area contributed by atoms with Gasteiger partial charge in [0.05, 0.1) is 45.0 Å². The zero-order valence-electron chi connectivity index (χ0n) is 27.1. The van der Waals surface area contributed by atoms with Gasteiger partial charge in [0.2, 0.25) is 0 Å². The van der Waals surface area contributed by atoms with Crippen LogP contribution in [-0.2, 0) is 6.42 Å². The summed E-state index contributed by atoms with van der Waals surface area (Å²) in [6.45, 7) is 0. The summed E-state index contributed by atoms with van der Waals surface area (Å²) in [4.78, 5) is 0. The molecule has 5 heteroatoms. The van der Waals surface area contributed by atoms with E-state index in [2.05, 4.69) is 118 Å². The molecule has 0 aliphatic heterocycles. The molecule has 50 heavy (non-hydrogen) atoms. The summed E-state index contributed by atoms with van der Waals surface area (Å²) in [5, 5.41) is 33.5. The van der Waals surface area contributed by atoms with Gasteiger partial charge in [-0.2, -0.15) is 15.8 Å². The van der Waals surface area contributed by atoms with Gasteiger partial charge in [0, 0.05) is 39.0 Å². The smallest absolute Gasteiger partial charge is 0.101 e. The number of aromatic nitrogens is 2. The molecule has 0 saturated carbocycles. The largest absolute Gasteiger partial charge is 0.309 e. The van der Waals surface area contributed by atoms with Crippen LogP contribution < -0.4 is 0 Å². The maximum Gasteiger partial charge on any atom is 0.101 e. The van der Waals surface area contributed by atoms with Crippen molar-refractivity contribution in [3.8, 4) is 29.6 Å². The van der Waals surface area contributed by atoms with Crippen molar-refractivity contribution in [3.05, 3.63) is 167 Å². The van der Waals surface area contributed by atoms with Crippen LogP contribution in [0.5, 0.6) is 0 Å². The molecule has 0 N–H and O–H groups in total. The van der Waals surface area contributed by atoms with Gasteiger partial charge in [0.1, 0.15) is 12.1 Å². The Morgan fingerprint density at radius 1 is 0.660 bits per heavy atom. The molecule has 1 atom stereocenters. The van der Waals surface area contributed by atoms with Crippen molar-refractivity contribution in [1.29, 1.82) is 15.8 Å². The molecule has 2 heterocycles. The lowest BCUT2D eigenvalue weighted by Crippen LogP contribution is -2.11. The number of rotatable bonds is 4. The summed E-state index contributed by atoms with van der Waals surface area (Å²) in [6, 6.07) is 42.0. The number of para-hydroxylation sites is 2.